The predicted octanol–water partition coefficient (Wildman–Crippen LogP) is 9.52. The van der Waals surface area contributed by atoms with Gasteiger partial charge in [0.2, 0.25) is 21.6 Å². The van der Waals surface area contributed by atoms with Crippen molar-refractivity contribution >= 4 is 97.4 Å². The van der Waals surface area contributed by atoms with Gasteiger partial charge >= 0.3 is 12.4 Å². The van der Waals surface area contributed by atoms with Gasteiger partial charge in [0.05, 0.1) is 33.5 Å². The molecule has 4 saturated heterocycles. The number of halogens is 6. The van der Waals surface area contributed by atoms with Crippen LogP contribution in [-0.4, -0.2) is 166 Å². The lowest BCUT2D eigenvalue weighted by Gasteiger charge is -2.38. The van der Waals surface area contributed by atoms with E-state index in [4.69, 9.17) is 10.1 Å². The molecule has 38 heteroatoms. The first-order chi connectivity index (χ1) is 52.2. The topological polar surface area (TPSA) is 396 Å². The Morgan fingerprint density at radius 3 is 1.47 bits per heavy atom. The fourth-order valence-electron chi connectivity index (χ4n) is 11.8. The molecule has 602 valence electrons. The highest BCUT2D eigenvalue weighted by molar-refractivity contribution is 7.88. The number of anilines is 3. The summed E-state index contributed by atoms with van der Waals surface area (Å²) in [6.45, 7) is 16.5. The van der Waals surface area contributed by atoms with Gasteiger partial charge < -0.3 is 19.9 Å². The molecule has 9 heterocycles. The number of piperidine rings is 1. The van der Waals surface area contributed by atoms with Crippen LogP contribution in [0.1, 0.15) is 161 Å². The second-order valence-electron chi connectivity index (χ2n) is 27.7. The zero-order chi connectivity index (χ0) is 82.3. The second-order valence-corrected chi connectivity index (χ2v) is 30.6. The van der Waals surface area contributed by atoms with E-state index in [2.05, 4.69) is 52.6 Å². The molecule has 1 aromatic carbocycles. The summed E-state index contributed by atoms with van der Waals surface area (Å²) in [5.74, 6) is -5.12. The summed E-state index contributed by atoms with van der Waals surface area (Å²) in [5, 5.41) is 13.7. The Morgan fingerprint density at radius 1 is 0.577 bits per heavy atom. The van der Waals surface area contributed by atoms with Gasteiger partial charge in [-0.25, -0.2) is 18.4 Å². The number of likely N-dealkylation sites (tertiary alicyclic amines) is 3. The molecule has 5 aromatic heterocycles. The molecule has 3 unspecified atom stereocenters. The zero-order valence-corrected chi connectivity index (χ0v) is 64.6. The molecular weight excluding hydrogens is 1500 g/mol. The van der Waals surface area contributed by atoms with Crippen LogP contribution in [-0.2, 0) is 84.7 Å². The van der Waals surface area contributed by atoms with Crippen LogP contribution in [0.2, 0.25) is 0 Å². The predicted molar refractivity (Wildman–Crippen MR) is 396 cm³/mol. The number of pyridine rings is 3. The van der Waals surface area contributed by atoms with Gasteiger partial charge in [0.1, 0.15) is 35.6 Å². The first kappa shape index (κ1) is 89.3. The Morgan fingerprint density at radius 2 is 1.05 bits per heavy atom. The second kappa shape index (κ2) is 39.8. The van der Waals surface area contributed by atoms with Gasteiger partial charge in [0.15, 0.2) is 11.1 Å². The molecule has 0 bridgehead atoms. The third-order valence-electron chi connectivity index (χ3n) is 18.8. The van der Waals surface area contributed by atoms with Crippen molar-refractivity contribution in [3.05, 3.63) is 152 Å². The normalized spacial score (nSPS) is 17.0. The summed E-state index contributed by atoms with van der Waals surface area (Å²) < 4.78 is 106. The minimum absolute atomic E-state index is 0.0245. The monoisotopic (exact) mass is 1590 g/mol. The number of thiophene rings is 1. The molecular formula is C73H92F6N16O14S2. The number of carbonyl (C=O) groups is 10. The van der Waals surface area contributed by atoms with Gasteiger partial charge in [-0.2, -0.15) is 35.7 Å². The van der Waals surface area contributed by atoms with Crippen LogP contribution in [0.15, 0.2) is 108 Å². The van der Waals surface area contributed by atoms with Crippen molar-refractivity contribution in [2.75, 3.05) is 42.5 Å². The number of Topliss-reactive ketones (excluding diaryl/α,β-unsaturated/α-hetero) is 4. The molecule has 4 atom stereocenters. The number of benzene rings is 1. The van der Waals surface area contributed by atoms with Gasteiger partial charge in [-0.15, -0.1) is 16.2 Å². The van der Waals surface area contributed by atoms with Crippen LogP contribution in [0.4, 0.5) is 43.8 Å². The number of hydrogen-bond acceptors (Lipinski definition) is 22. The zero-order valence-electron chi connectivity index (χ0n) is 63.0. The molecule has 4 fully saturated rings. The first-order valence-electron chi connectivity index (χ1n) is 35.5. The minimum atomic E-state index is -4.55. The standard InChI is InChI=1S/C19H19F3N4O3S.C19H25F3N4O3.C18H20N2O3S.C17H27N5O3.HNO2/c1-11-9-12(19(20,21)22)10-15(23-11)24-25-17(28)13-5-2-3-7-26(13)18(29)16(27)14-6-4-8-30-14;1-5-18(3,4)15(27)17(29)26-8-6-7-13(26)16(28)25-24-14-10-12(19(20,21)22)9-11(2)23-14;21-18(10-9-16-8-4-5-12-19-16)17-11-13-20(17)24(22,23)14-15-6-2-1-3-7-15;1-6-17(3,4)14(23)16(25)22-9-7-8-12(22)15(24)19-18-13-10-11(2)20-21(13)5;2-1-3/h4,6,8-10,13H,2-3,5,7H2,1H3,(H,23,24)(H,25,28);9-10,13H,5-8H2,1-4H3,(H,23,24)(H,25,28);1-8,12,17H,9-11,13-14H2;10,12,18H,6-9H2,1-5H3,(H,19,24);(H,2,3)/t;;17-;;/m..0../s1. The fourth-order valence-corrected chi connectivity index (χ4v) is 14.2. The number of hydrazine groups is 3. The molecule has 0 radical (unpaired) electrons. The summed E-state index contributed by atoms with van der Waals surface area (Å²) in [7, 11) is -1.69. The Hall–Kier alpha value is -10.6. The van der Waals surface area contributed by atoms with Crippen molar-refractivity contribution in [3.8, 4) is 0 Å². The molecule has 0 spiro atoms. The minimum Gasteiger partial charge on any atom is -0.379 e. The van der Waals surface area contributed by atoms with Crippen molar-refractivity contribution in [1.82, 2.24) is 60.0 Å². The third-order valence-corrected chi connectivity index (χ3v) is 21.5. The molecule has 111 heavy (non-hydrogen) atoms. The SMILES string of the molecule is CCC(C)(C)C(=O)C(=O)N1CCCC1C(=O)NNc1cc(C(F)(F)F)cc(C)n1.CCC(C)(C)C(=O)C(=O)N1CCCC1C(=O)NNc1cc(C)nn1C.Cc1cc(C(F)(F)F)cc(NNC(=O)C2CCCCN2C(=O)C(=O)c2cccs2)n1.O=C(CCc1ccccn1)[C@@H]1CCN1S(=O)(=O)Cc1ccccc1.O=NO. The van der Waals surface area contributed by atoms with Gasteiger partial charge in [0.25, 0.3) is 41.2 Å². The summed E-state index contributed by atoms with van der Waals surface area (Å²) in [6, 6.07) is 20.0. The van der Waals surface area contributed by atoms with E-state index >= 15 is 0 Å². The maximum atomic E-state index is 13.0. The molecule has 10 rings (SSSR count). The molecule has 6 amide bonds. The number of carbonyl (C=O) groups excluding carboxylic acids is 10. The van der Waals surface area contributed by atoms with Crippen LogP contribution in [0.25, 0.3) is 0 Å². The number of nitrogens with zero attached hydrogens (tertiary/aromatic N) is 10. The van der Waals surface area contributed by atoms with Crippen LogP contribution in [0.5, 0.6) is 0 Å². The van der Waals surface area contributed by atoms with Crippen molar-refractivity contribution in [1.29, 1.82) is 0 Å². The molecule has 4 aliphatic rings. The number of nitrogens with one attached hydrogen (secondary N) is 6. The van der Waals surface area contributed by atoms with E-state index in [-0.39, 0.29) is 58.4 Å². The number of hydrogen-bond donors (Lipinski definition) is 7. The number of alkyl halides is 6. The highest BCUT2D eigenvalue weighted by Gasteiger charge is 2.45. The summed E-state index contributed by atoms with van der Waals surface area (Å²) in [6.07, 6.45) is -1.07. The van der Waals surface area contributed by atoms with Crippen LogP contribution in [0, 0.1) is 36.5 Å². The quantitative estimate of drug-likeness (QED) is 0.00974. The van der Waals surface area contributed by atoms with E-state index in [1.165, 1.54) is 44.3 Å². The Labute approximate surface area is 641 Å². The first-order valence-corrected chi connectivity index (χ1v) is 38.0. The van der Waals surface area contributed by atoms with Crippen molar-refractivity contribution < 1.29 is 87.9 Å². The van der Waals surface area contributed by atoms with Crippen LogP contribution in [0.3, 0.4) is 0 Å². The lowest BCUT2D eigenvalue weighted by Crippen LogP contribution is -2.55. The number of amides is 6. The third kappa shape index (κ3) is 25.2. The van der Waals surface area contributed by atoms with Gasteiger partial charge in [-0.1, -0.05) is 84.0 Å². The van der Waals surface area contributed by atoms with Gasteiger partial charge in [0, 0.05) is 79.8 Å². The highest BCUT2D eigenvalue weighted by Crippen LogP contribution is 2.34. The summed E-state index contributed by atoms with van der Waals surface area (Å²) >= 11 is 1.14. The maximum absolute atomic E-state index is 13.0. The van der Waals surface area contributed by atoms with E-state index in [0.29, 0.717) is 96.0 Å². The summed E-state index contributed by atoms with van der Waals surface area (Å²) in [4.78, 5) is 149. The number of rotatable bonds is 24. The Kier molecular flexibility index (Phi) is 32.0. The van der Waals surface area contributed by atoms with Crippen molar-refractivity contribution in [2.45, 2.75) is 182 Å². The fraction of sp³-hybridized carbons (Fsp3) is 0.479. The number of aromatic nitrogens is 5. The van der Waals surface area contributed by atoms with Gasteiger partial charge in [-0.3, -0.25) is 90.2 Å². The molecule has 0 aliphatic carbocycles. The highest BCUT2D eigenvalue weighted by atomic mass is 32.2. The molecule has 4 aliphatic heterocycles. The summed E-state index contributed by atoms with van der Waals surface area (Å²) in [5.41, 5.74) is 14.1. The number of ketones is 4. The number of sulfonamides is 1. The van der Waals surface area contributed by atoms with E-state index in [0.717, 1.165) is 52.6 Å². The lowest BCUT2D eigenvalue weighted by molar-refractivity contribution is -0.151. The Balaban J connectivity index is 0.000000229. The lowest BCUT2D eigenvalue weighted by atomic mass is 9.84. The van der Waals surface area contributed by atoms with Crippen LogP contribution >= 0.6 is 11.3 Å². The average Bonchev–Trinajstić information content (AvgIpc) is 1.68. The van der Waals surface area contributed by atoms with E-state index in [9.17, 15) is 82.7 Å². The number of aryl methyl sites for hydroxylation is 5. The molecule has 30 nitrogen and oxygen atoms in total. The molecule has 6 aromatic rings. The average molecular weight is 1600 g/mol. The van der Waals surface area contributed by atoms with Crippen molar-refractivity contribution in [2.24, 2.45) is 23.2 Å². The Bertz CT molecular complexity index is 4380. The smallest absolute Gasteiger partial charge is 0.379 e. The van der Waals surface area contributed by atoms with E-state index < -0.39 is 115 Å². The van der Waals surface area contributed by atoms with Crippen molar-refractivity contribution in [3.63, 3.8) is 0 Å². The molecule has 7 N–H and O–H groups in total. The molecule has 0 saturated carbocycles. The maximum Gasteiger partial charge on any atom is 0.416 e. The van der Waals surface area contributed by atoms with E-state index in [1.807, 2.05) is 50.2 Å². The van der Waals surface area contributed by atoms with Crippen LogP contribution < -0.4 is 32.6 Å². The largest absolute Gasteiger partial charge is 0.416 e. The van der Waals surface area contributed by atoms with Gasteiger partial charge in [-0.05, 0) is 145 Å². The van der Waals surface area contributed by atoms with E-state index in [1.54, 1.807) is 82.2 Å².